The molecule has 2 atom stereocenters. The van der Waals surface area contributed by atoms with Crippen LogP contribution in [0.5, 0.6) is 0 Å². The number of benzene rings is 1. The maximum atomic E-state index is 12.9. The van der Waals surface area contributed by atoms with E-state index in [1.54, 1.807) is 0 Å². The van der Waals surface area contributed by atoms with Crippen molar-refractivity contribution in [2.75, 3.05) is 13.1 Å². The first-order valence-corrected chi connectivity index (χ1v) is 5.72. The Kier molecular flexibility index (Phi) is 3.27. The quantitative estimate of drug-likeness (QED) is 0.777. The highest BCUT2D eigenvalue weighted by molar-refractivity contribution is 6.31. The third-order valence-electron chi connectivity index (χ3n) is 3.15. The van der Waals surface area contributed by atoms with Gasteiger partial charge in [0.2, 0.25) is 0 Å². The second-order valence-electron chi connectivity index (χ2n) is 4.24. The van der Waals surface area contributed by atoms with E-state index in [0.29, 0.717) is 16.9 Å². The van der Waals surface area contributed by atoms with Gasteiger partial charge in [-0.2, -0.15) is 0 Å². The van der Waals surface area contributed by atoms with E-state index in [-0.39, 0.29) is 5.82 Å². The maximum absolute atomic E-state index is 12.9. The molecule has 1 aromatic rings. The van der Waals surface area contributed by atoms with Crippen LogP contribution < -0.4 is 5.32 Å². The SMILES string of the molecule is C[C@H]1CNCC[C@H]1c1ccc(F)cc1Cl. The van der Waals surface area contributed by atoms with E-state index in [0.717, 1.165) is 25.1 Å². The van der Waals surface area contributed by atoms with Crippen LogP contribution in [0.2, 0.25) is 5.02 Å². The summed E-state index contributed by atoms with van der Waals surface area (Å²) in [6.07, 6.45) is 1.08. The van der Waals surface area contributed by atoms with Gasteiger partial charge in [0.1, 0.15) is 5.82 Å². The lowest BCUT2D eigenvalue weighted by molar-refractivity contribution is 0.349. The minimum atomic E-state index is -0.259. The predicted octanol–water partition coefficient (Wildman–Crippen LogP) is 3.19. The van der Waals surface area contributed by atoms with E-state index in [1.807, 2.05) is 6.07 Å². The van der Waals surface area contributed by atoms with Crippen LogP contribution in [0.3, 0.4) is 0 Å². The van der Waals surface area contributed by atoms with Crippen molar-refractivity contribution >= 4 is 11.6 Å². The van der Waals surface area contributed by atoms with E-state index < -0.39 is 0 Å². The van der Waals surface area contributed by atoms with Crippen LogP contribution in [0.1, 0.15) is 24.8 Å². The van der Waals surface area contributed by atoms with Crippen molar-refractivity contribution in [1.29, 1.82) is 0 Å². The van der Waals surface area contributed by atoms with Gasteiger partial charge < -0.3 is 5.32 Å². The van der Waals surface area contributed by atoms with Crippen molar-refractivity contribution in [3.63, 3.8) is 0 Å². The van der Waals surface area contributed by atoms with E-state index in [1.165, 1.54) is 12.1 Å². The van der Waals surface area contributed by atoms with Gasteiger partial charge in [-0.25, -0.2) is 4.39 Å². The predicted molar refractivity (Wildman–Crippen MR) is 60.8 cm³/mol. The fraction of sp³-hybridized carbons (Fsp3) is 0.500. The van der Waals surface area contributed by atoms with Crippen LogP contribution in [0.15, 0.2) is 18.2 Å². The summed E-state index contributed by atoms with van der Waals surface area (Å²) < 4.78 is 12.9. The van der Waals surface area contributed by atoms with Crippen LogP contribution in [-0.2, 0) is 0 Å². The van der Waals surface area contributed by atoms with Crippen molar-refractivity contribution in [2.24, 2.45) is 5.92 Å². The Labute approximate surface area is 94.6 Å². The summed E-state index contributed by atoms with van der Waals surface area (Å²) in [7, 11) is 0. The topological polar surface area (TPSA) is 12.0 Å². The zero-order valence-corrected chi connectivity index (χ0v) is 9.52. The summed E-state index contributed by atoms with van der Waals surface area (Å²) in [4.78, 5) is 0. The molecule has 0 radical (unpaired) electrons. The Hall–Kier alpha value is -0.600. The van der Waals surface area contributed by atoms with Gasteiger partial charge in [0.25, 0.3) is 0 Å². The highest BCUT2D eigenvalue weighted by Gasteiger charge is 2.24. The molecule has 3 heteroatoms. The summed E-state index contributed by atoms with van der Waals surface area (Å²) in [5.74, 6) is 0.756. The number of piperidine rings is 1. The number of halogens is 2. The molecule has 15 heavy (non-hydrogen) atoms. The van der Waals surface area contributed by atoms with Crippen molar-refractivity contribution in [3.05, 3.63) is 34.6 Å². The highest BCUT2D eigenvalue weighted by Crippen LogP contribution is 2.34. The number of rotatable bonds is 1. The second kappa shape index (κ2) is 4.50. The minimum absolute atomic E-state index is 0.259. The average molecular weight is 228 g/mol. The molecular formula is C12H15ClFN. The van der Waals surface area contributed by atoms with Crippen molar-refractivity contribution < 1.29 is 4.39 Å². The van der Waals surface area contributed by atoms with Crippen LogP contribution in [0, 0.1) is 11.7 Å². The lowest BCUT2D eigenvalue weighted by atomic mass is 9.82. The highest BCUT2D eigenvalue weighted by atomic mass is 35.5. The van der Waals surface area contributed by atoms with E-state index in [4.69, 9.17) is 11.6 Å². The lowest BCUT2D eigenvalue weighted by Gasteiger charge is -2.30. The molecule has 1 aliphatic rings. The van der Waals surface area contributed by atoms with Crippen LogP contribution in [-0.4, -0.2) is 13.1 Å². The summed E-state index contributed by atoms with van der Waals surface area (Å²) in [5, 5.41) is 3.91. The molecule has 1 saturated heterocycles. The molecule has 0 unspecified atom stereocenters. The molecule has 1 aliphatic heterocycles. The largest absolute Gasteiger partial charge is 0.316 e. The molecule has 1 N–H and O–H groups in total. The number of hydrogen-bond acceptors (Lipinski definition) is 1. The maximum Gasteiger partial charge on any atom is 0.124 e. The molecule has 0 aliphatic carbocycles. The van der Waals surface area contributed by atoms with E-state index in [2.05, 4.69) is 12.2 Å². The summed E-state index contributed by atoms with van der Waals surface area (Å²) >= 11 is 6.07. The van der Waals surface area contributed by atoms with Gasteiger partial charge in [0, 0.05) is 5.02 Å². The van der Waals surface area contributed by atoms with Gasteiger partial charge in [-0.05, 0) is 49.0 Å². The molecular weight excluding hydrogens is 213 g/mol. The first-order valence-electron chi connectivity index (χ1n) is 5.34. The third kappa shape index (κ3) is 2.32. The zero-order chi connectivity index (χ0) is 10.8. The van der Waals surface area contributed by atoms with Crippen molar-refractivity contribution in [1.82, 2.24) is 5.32 Å². The third-order valence-corrected chi connectivity index (χ3v) is 3.47. The summed E-state index contributed by atoms with van der Waals surface area (Å²) in [6.45, 7) is 4.23. The standard InChI is InChI=1S/C12H15ClFN/c1-8-7-15-5-4-10(8)11-3-2-9(14)6-12(11)13/h2-3,6,8,10,15H,4-5,7H2,1H3/t8-,10+/m0/s1. The molecule has 1 heterocycles. The molecule has 0 bridgehead atoms. The molecule has 2 rings (SSSR count). The molecule has 0 aromatic heterocycles. The second-order valence-corrected chi connectivity index (χ2v) is 4.65. The van der Waals surface area contributed by atoms with Gasteiger partial charge in [-0.3, -0.25) is 0 Å². The summed E-state index contributed by atoms with van der Waals surface area (Å²) in [6, 6.07) is 4.73. The fourth-order valence-corrected chi connectivity index (χ4v) is 2.59. The van der Waals surface area contributed by atoms with Gasteiger partial charge >= 0.3 is 0 Å². The van der Waals surface area contributed by atoms with Gasteiger partial charge in [0.15, 0.2) is 0 Å². The minimum Gasteiger partial charge on any atom is -0.316 e. The normalized spacial score (nSPS) is 26.6. The van der Waals surface area contributed by atoms with E-state index in [9.17, 15) is 4.39 Å². The van der Waals surface area contributed by atoms with Gasteiger partial charge in [-0.1, -0.05) is 24.6 Å². The Morgan fingerprint density at radius 1 is 1.47 bits per heavy atom. The number of hydrogen-bond donors (Lipinski definition) is 1. The molecule has 0 spiro atoms. The molecule has 0 amide bonds. The van der Waals surface area contributed by atoms with Gasteiger partial charge in [0.05, 0.1) is 0 Å². The Morgan fingerprint density at radius 3 is 2.93 bits per heavy atom. The van der Waals surface area contributed by atoms with Crippen LogP contribution in [0.25, 0.3) is 0 Å². The average Bonchev–Trinajstić information content (AvgIpc) is 2.20. The van der Waals surface area contributed by atoms with Crippen molar-refractivity contribution in [3.8, 4) is 0 Å². The smallest absolute Gasteiger partial charge is 0.124 e. The molecule has 1 aromatic carbocycles. The molecule has 82 valence electrons. The Bertz CT molecular complexity index is 353. The molecule has 0 saturated carbocycles. The Balaban J connectivity index is 2.27. The summed E-state index contributed by atoms with van der Waals surface area (Å²) in [5.41, 5.74) is 1.09. The fourth-order valence-electron chi connectivity index (χ4n) is 2.28. The first kappa shape index (κ1) is 10.9. The monoisotopic (exact) mass is 227 g/mol. The Morgan fingerprint density at radius 2 is 2.27 bits per heavy atom. The van der Waals surface area contributed by atoms with Crippen LogP contribution in [0.4, 0.5) is 4.39 Å². The van der Waals surface area contributed by atoms with Crippen molar-refractivity contribution in [2.45, 2.75) is 19.3 Å². The lowest BCUT2D eigenvalue weighted by Crippen LogP contribution is -2.33. The first-order chi connectivity index (χ1) is 7.18. The molecule has 1 fully saturated rings. The number of nitrogens with one attached hydrogen (secondary N) is 1. The van der Waals surface area contributed by atoms with E-state index >= 15 is 0 Å². The van der Waals surface area contributed by atoms with Gasteiger partial charge in [-0.15, -0.1) is 0 Å². The zero-order valence-electron chi connectivity index (χ0n) is 8.76. The van der Waals surface area contributed by atoms with Crippen LogP contribution >= 0.6 is 11.6 Å². The molecule has 1 nitrogen and oxygen atoms in total.